The Bertz CT molecular complexity index is 814. The van der Waals surface area contributed by atoms with Gasteiger partial charge in [0.25, 0.3) is 0 Å². The van der Waals surface area contributed by atoms with Gasteiger partial charge in [-0.25, -0.2) is 13.1 Å². The summed E-state index contributed by atoms with van der Waals surface area (Å²) in [5, 5.41) is 9.16. The summed E-state index contributed by atoms with van der Waals surface area (Å²) in [6, 6.07) is 10.6. The number of benzene rings is 2. The topological polar surface area (TPSA) is 66.4 Å². The standard InChI is InChI=1S/C18H20F3NO3S/c1-13(23)3-2-12-22-26(24,25)17-10-6-15(7-11-17)14-4-8-16(9-5-14)18(19,20)21/h4-11,13,22-23H,2-3,12H2,1H3. The van der Waals surface area contributed by atoms with Crippen molar-refractivity contribution in [2.75, 3.05) is 6.54 Å². The third kappa shape index (κ3) is 5.55. The monoisotopic (exact) mass is 387 g/mol. The second kappa shape index (κ2) is 8.20. The van der Waals surface area contributed by atoms with Gasteiger partial charge in [-0.15, -0.1) is 0 Å². The Morgan fingerprint density at radius 2 is 1.50 bits per heavy atom. The largest absolute Gasteiger partial charge is 0.416 e. The van der Waals surface area contributed by atoms with Crippen molar-refractivity contribution in [1.29, 1.82) is 0 Å². The zero-order valence-corrected chi connectivity index (χ0v) is 14.9. The van der Waals surface area contributed by atoms with Crippen LogP contribution < -0.4 is 4.72 Å². The molecule has 2 rings (SSSR count). The molecule has 0 saturated heterocycles. The molecule has 1 atom stereocenters. The van der Waals surface area contributed by atoms with E-state index in [0.717, 1.165) is 12.1 Å². The van der Waals surface area contributed by atoms with Crippen molar-refractivity contribution in [2.45, 2.75) is 36.9 Å². The van der Waals surface area contributed by atoms with Crippen molar-refractivity contribution in [3.63, 3.8) is 0 Å². The Morgan fingerprint density at radius 3 is 1.96 bits per heavy atom. The van der Waals surface area contributed by atoms with E-state index in [9.17, 15) is 21.6 Å². The maximum absolute atomic E-state index is 12.6. The van der Waals surface area contributed by atoms with Crippen LogP contribution in [0.3, 0.4) is 0 Å². The van der Waals surface area contributed by atoms with Crippen molar-refractivity contribution >= 4 is 10.0 Å². The second-order valence-corrected chi connectivity index (χ2v) is 7.76. The number of sulfonamides is 1. The molecule has 2 aromatic rings. The molecule has 0 bridgehead atoms. The minimum atomic E-state index is -4.39. The van der Waals surface area contributed by atoms with E-state index in [4.69, 9.17) is 5.11 Å². The normalized spacial score (nSPS) is 13.6. The summed E-state index contributed by atoms with van der Waals surface area (Å²) in [6.07, 6.45) is -3.87. The summed E-state index contributed by atoms with van der Waals surface area (Å²) in [5.41, 5.74) is 0.445. The quantitative estimate of drug-likeness (QED) is 0.710. The van der Waals surface area contributed by atoms with Gasteiger partial charge in [-0.1, -0.05) is 24.3 Å². The van der Waals surface area contributed by atoms with E-state index >= 15 is 0 Å². The summed E-state index contributed by atoms with van der Waals surface area (Å²) in [5.74, 6) is 0. The van der Waals surface area contributed by atoms with Gasteiger partial charge in [0.15, 0.2) is 0 Å². The molecule has 0 saturated carbocycles. The van der Waals surface area contributed by atoms with Crippen molar-refractivity contribution in [3.05, 3.63) is 54.1 Å². The maximum atomic E-state index is 12.6. The van der Waals surface area contributed by atoms with Gasteiger partial charge < -0.3 is 5.11 Å². The molecule has 2 N–H and O–H groups in total. The molecular formula is C18H20F3NO3S. The van der Waals surface area contributed by atoms with Crippen molar-refractivity contribution < 1.29 is 26.7 Å². The molecule has 0 aliphatic heterocycles. The smallest absolute Gasteiger partial charge is 0.393 e. The molecule has 0 spiro atoms. The first-order valence-electron chi connectivity index (χ1n) is 8.05. The van der Waals surface area contributed by atoms with Gasteiger partial charge in [0.05, 0.1) is 16.6 Å². The molecular weight excluding hydrogens is 367 g/mol. The average Bonchev–Trinajstić information content (AvgIpc) is 2.58. The van der Waals surface area contributed by atoms with Crippen molar-refractivity contribution in [1.82, 2.24) is 4.72 Å². The number of halogens is 3. The summed E-state index contributed by atoms with van der Waals surface area (Å²) in [6.45, 7) is 1.85. The van der Waals surface area contributed by atoms with E-state index in [1.165, 1.54) is 24.3 Å². The van der Waals surface area contributed by atoms with E-state index < -0.39 is 27.9 Å². The first-order chi connectivity index (χ1) is 12.1. The van der Waals surface area contributed by atoms with Gasteiger partial charge in [-0.2, -0.15) is 13.2 Å². The fourth-order valence-corrected chi connectivity index (χ4v) is 3.44. The van der Waals surface area contributed by atoms with Crippen LogP contribution in [0.4, 0.5) is 13.2 Å². The van der Waals surface area contributed by atoms with E-state index in [0.29, 0.717) is 24.0 Å². The van der Waals surface area contributed by atoms with Gasteiger partial charge in [-0.05, 0) is 55.2 Å². The van der Waals surface area contributed by atoms with Gasteiger partial charge in [0.1, 0.15) is 0 Å². The lowest BCUT2D eigenvalue weighted by Crippen LogP contribution is -2.25. The fraction of sp³-hybridized carbons (Fsp3) is 0.333. The third-order valence-electron chi connectivity index (χ3n) is 3.80. The molecule has 0 aliphatic rings. The maximum Gasteiger partial charge on any atom is 0.416 e. The Kier molecular flexibility index (Phi) is 6.44. The molecule has 0 fully saturated rings. The Labute approximate surface area is 150 Å². The molecule has 0 aromatic heterocycles. The zero-order valence-electron chi connectivity index (χ0n) is 14.1. The number of rotatable bonds is 7. The predicted octanol–water partition coefficient (Wildman–Crippen LogP) is 3.81. The number of alkyl halides is 3. The fourth-order valence-electron chi connectivity index (χ4n) is 2.37. The Morgan fingerprint density at radius 1 is 1.00 bits per heavy atom. The second-order valence-electron chi connectivity index (χ2n) is 5.99. The van der Waals surface area contributed by atoms with Gasteiger partial charge in [0.2, 0.25) is 10.0 Å². The highest BCUT2D eigenvalue weighted by atomic mass is 32.2. The predicted molar refractivity (Wildman–Crippen MR) is 93.0 cm³/mol. The van der Waals surface area contributed by atoms with E-state index in [2.05, 4.69) is 4.72 Å². The molecule has 0 amide bonds. The van der Waals surface area contributed by atoms with E-state index in [-0.39, 0.29) is 11.4 Å². The Hall–Kier alpha value is -1.90. The van der Waals surface area contributed by atoms with Crippen LogP contribution in [0.2, 0.25) is 0 Å². The van der Waals surface area contributed by atoms with E-state index in [1.807, 2.05) is 0 Å². The lowest BCUT2D eigenvalue weighted by atomic mass is 10.0. The van der Waals surface area contributed by atoms with Crippen LogP contribution in [0.15, 0.2) is 53.4 Å². The number of nitrogens with one attached hydrogen (secondary N) is 1. The molecule has 0 radical (unpaired) electrons. The first kappa shape index (κ1) is 20.4. The van der Waals surface area contributed by atoms with Crippen molar-refractivity contribution in [3.8, 4) is 11.1 Å². The molecule has 4 nitrogen and oxygen atoms in total. The molecule has 1 unspecified atom stereocenters. The number of aliphatic hydroxyl groups is 1. The summed E-state index contributed by atoms with van der Waals surface area (Å²) in [7, 11) is -3.66. The van der Waals surface area contributed by atoms with Crippen LogP contribution >= 0.6 is 0 Å². The van der Waals surface area contributed by atoms with Crippen molar-refractivity contribution in [2.24, 2.45) is 0 Å². The molecule has 26 heavy (non-hydrogen) atoms. The van der Waals surface area contributed by atoms with Crippen LogP contribution in [0, 0.1) is 0 Å². The third-order valence-corrected chi connectivity index (χ3v) is 5.28. The minimum Gasteiger partial charge on any atom is -0.393 e. The van der Waals surface area contributed by atoms with Gasteiger partial charge in [-0.3, -0.25) is 0 Å². The number of aliphatic hydroxyl groups excluding tert-OH is 1. The Balaban J connectivity index is 2.07. The van der Waals surface area contributed by atoms with Crippen LogP contribution in [0.1, 0.15) is 25.3 Å². The van der Waals surface area contributed by atoms with Crippen LogP contribution in [-0.4, -0.2) is 26.2 Å². The van der Waals surface area contributed by atoms with Crippen LogP contribution in [0.25, 0.3) is 11.1 Å². The van der Waals surface area contributed by atoms with Crippen LogP contribution in [0.5, 0.6) is 0 Å². The molecule has 2 aromatic carbocycles. The highest BCUT2D eigenvalue weighted by molar-refractivity contribution is 7.89. The molecule has 0 heterocycles. The number of hydrogen-bond acceptors (Lipinski definition) is 3. The lowest BCUT2D eigenvalue weighted by Gasteiger charge is -2.10. The van der Waals surface area contributed by atoms with Crippen LogP contribution in [-0.2, 0) is 16.2 Å². The average molecular weight is 387 g/mol. The molecule has 0 aliphatic carbocycles. The highest BCUT2D eigenvalue weighted by Gasteiger charge is 2.29. The van der Waals surface area contributed by atoms with E-state index in [1.54, 1.807) is 19.1 Å². The highest BCUT2D eigenvalue weighted by Crippen LogP contribution is 2.31. The van der Waals surface area contributed by atoms with Gasteiger partial charge in [0, 0.05) is 6.54 Å². The summed E-state index contributed by atoms with van der Waals surface area (Å²) in [4.78, 5) is 0.0743. The molecule has 142 valence electrons. The lowest BCUT2D eigenvalue weighted by molar-refractivity contribution is -0.137. The summed E-state index contributed by atoms with van der Waals surface area (Å²) >= 11 is 0. The first-order valence-corrected chi connectivity index (χ1v) is 9.53. The minimum absolute atomic E-state index is 0.0743. The number of hydrogen-bond donors (Lipinski definition) is 2. The zero-order chi connectivity index (χ0) is 19.4. The van der Waals surface area contributed by atoms with Gasteiger partial charge >= 0.3 is 6.18 Å². The summed E-state index contributed by atoms with van der Waals surface area (Å²) < 4.78 is 64.6. The SMILES string of the molecule is CC(O)CCCNS(=O)(=O)c1ccc(-c2ccc(C(F)(F)F)cc2)cc1. The molecule has 8 heteroatoms.